The maximum Gasteiger partial charge on any atom is 0.194 e. The third-order valence-corrected chi connectivity index (χ3v) is 7.22. The smallest absolute Gasteiger partial charge is 0.194 e. The van der Waals surface area contributed by atoms with Gasteiger partial charge in [0.15, 0.2) is 17.3 Å². The van der Waals surface area contributed by atoms with Crippen LogP contribution in [0.2, 0.25) is 0 Å². The van der Waals surface area contributed by atoms with Crippen LogP contribution in [-0.2, 0) is 21.4 Å². The first kappa shape index (κ1) is 25.3. The van der Waals surface area contributed by atoms with E-state index in [4.69, 9.17) is 4.74 Å². The molecule has 9 heteroatoms. The molecule has 196 valence electrons. The van der Waals surface area contributed by atoms with Crippen molar-refractivity contribution >= 4 is 34.1 Å². The Balaban J connectivity index is 1.58. The Labute approximate surface area is 219 Å². The number of anilines is 1. The van der Waals surface area contributed by atoms with Crippen molar-refractivity contribution in [2.45, 2.75) is 53.4 Å². The summed E-state index contributed by atoms with van der Waals surface area (Å²) in [4.78, 5) is 47.4. The van der Waals surface area contributed by atoms with Crippen molar-refractivity contribution in [2.24, 2.45) is 5.92 Å². The van der Waals surface area contributed by atoms with Crippen molar-refractivity contribution < 1.29 is 29.3 Å². The van der Waals surface area contributed by atoms with Gasteiger partial charge in [-0.3, -0.25) is 14.4 Å². The van der Waals surface area contributed by atoms with Gasteiger partial charge in [0.2, 0.25) is 0 Å². The number of ketones is 3. The molecule has 1 aliphatic heterocycles. The van der Waals surface area contributed by atoms with Crippen LogP contribution in [0.5, 0.6) is 17.2 Å². The van der Waals surface area contributed by atoms with Gasteiger partial charge in [0.1, 0.15) is 39.8 Å². The number of nitrogens with one attached hydrogen (secondary N) is 2. The maximum absolute atomic E-state index is 14.0. The Morgan fingerprint density at radius 2 is 1.89 bits per heavy atom. The number of phenolic OH excluding ortho intramolecular Hbond substituents is 2. The average Bonchev–Trinajstić information content (AvgIpc) is 3.35. The number of H-pyrrole nitrogens is 1. The Hall–Kier alpha value is -4.40. The van der Waals surface area contributed by atoms with Crippen molar-refractivity contribution in [1.82, 2.24) is 9.97 Å². The molecule has 2 aliphatic rings. The Kier molecular flexibility index (Phi) is 5.70. The number of hydrogen-bond donors (Lipinski definition) is 4. The van der Waals surface area contributed by atoms with E-state index in [1.807, 2.05) is 18.2 Å². The molecule has 0 saturated heterocycles. The molecule has 9 nitrogen and oxygen atoms in total. The lowest BCUT2D eigenvalue weighted by atomic mass is 9.70. The summed E-state index contributed by atoms with van der Waals surface area (Å²) in [5, 5.41) is 24.6. The van der Waals surface area contributed by atoms with Crippen molar-refractivity contribution in [2.75, 3.05) is 5.32 Å². The predicted octanol–water partition coefficient (Wildman–Crippen LogP) is 4.76. The molecule has 0 saturated carbocycles. The number of rotatable bonds is 5. The number of allylic oxidation sites excluding steroid dienone is 4. The van der Waals surface area contributed by atoms with Gasteiger partial charge in [-0.2, -0.15) is 0 Å². The molecule has 0 spiro atoms. The monoisotopic (exact) mass is 515 g/mol. The van der Waals surface area contributed by atoms with Crippen LogP contribution in [0.25, 0.3) is 11.0 Å². The number of carbonyl (C=O) groups is 3. The highest BCUT2D eigenvalue weighted by Gasteiger charge is 2.56. The van der Waals surface area contributed by atoms with Gasteiger partial charge in [-0.15, -0.1) is 0 Å². The Morgan fingerprint density at radius 1 is 1.18 bits per heavy atom. The topological polar surface area (TPSA) is 142 Å². The minimum absolute atomic E-state index is 0.00147. The lowest BCUT2D eigenvalue weighted by Crippen LogP contribution is -2.40. The number of aromatic nitrogens is 2. The van der Waals surface area contributed by atoms with E-state index < -0.39 is 28.5 Å². The zero-order valence-corrected chi connectivity index (χ0v) is 22.1. The Bertz CT molecular complexity index is 1640. The van der Waals surface area contributed by atoms with E-state index in [0.717, 1.165) is 23.3 Å². The largest absolute Gasteiger partial charge is 0.507 e. The van der Waals surface area contributed by atoms with E-state index in [-0.39, 0.29) is 39.5 Å². The number of aromatic amines is 1. The summed E-state index contributed by atoms with van der Waals surface area (Å²) in [5.41, 5.74) is 0.947. The van der Waals surface area contributed by atoms with Crippen molar-refractivity contribution in [3.05, 3.63) is 63.8 Å². The molecule has 4 N–H and O–H groups in total. The van der Waals surface area contributed by atoms with Gasteiger partial charge in [0, 0.05) is 29.4 Å². The van der Waals surface area contributed by atoms with E-state index in [1.165, 1.54) is 19.9 Å². The van der Waals surface area contributed by atoms with Crippen molar-refractivity contribution in [3.63, 3.8) is 0 Å². The molecule has 0 fully saturated rings. The van der Waals surface area contributed by atoms with Gasteiger partial charge in [0.25, 0.3) is 0 Å². The van der Waals surface area contributed by atoms with Crippen LogP contribution >= 0.6 is 0 Å². The van der Waals surface area contributed by atoms with Crippen LogP contribution in [0, 0.1) is 12.8 Å². The van der Waals surface area contributed by atoms with E-state index in [1.54, 1.807) is 13.8 Å². The highest BCUT2D eigenvalue weighted by molar-refractivity contribution is 6.31. The van der Waals surface area contributed by atoms with Crippen LogP contribution in [0.4, 0.5) is 5.69 Å². The van der Waals surface area contributed by atoms with Gasteiger partial charge in [-0.25, -0.2) is 4.98 Å². The van der Waals surface area contributed by atoms with Crippen molar-refractivity contribution in [1.29, 1.82) is 0 Å². The predicted molar refractivity (Wildman–Crippen MR) is 142 cm³/mol. The number of ether oxygens (including phenoxy) is 1. The number of imidazole rings is 1. The average molecular weight is 516 g/mol. The van der Waals surface area contributed by atoms with E-state index >= 15 is 0 Å². The summed E-state index contributed by atoms with van der Waals surface area (Å²) in [6, 6.07) is 5.54. The van der Waals surface area contributed by atoms with Gasteiger partial charge >= 0.3 is 0 Å². The van der Waals surface area contributed by atoms with Crippen molar-refractivity contribution in [3.8, 4) is 17.2 Å². The van der Waals surface area contributed by atoms with E-state index in [0.29, 0.717) is 17.3 Å². The first-order chi connectivity index (χ1) is 17.8. The molecule has 0 bridgehead atoms. The molecule has 2 aromatic carbocycles. The summed E-state index contributed by atoms with van der Waals surface area (Å²) < 4.78 is 5.81. The first-order valence-corrected chi connectivity index (χ1v) is 12.4. The molecule has 0 amide bonds. The van der Waals surface area contributed by atoms with Gasteiger partial charge in [0.05, 0.1) is 22.2 Å². The number of nitrogens with zero attached hydrogens (tertiary/aromatic N) is 1. The quantitative estimate of drug-likeness (QED) is 0.217. The summed E-state index contributed by atoms with van der Waals surface area (Å²) in [6.45, 7) is 10.1. The summed E-state index contributed by atoms with van der Waals surface area (Å²) in [6.07, 6.45) is 2.02. The lowest BCUT2D eigenvalue weighted by molar-refractivity contribution is -0.123. The SMILES string of the molecule is CC(=O)c1c(O)c(C)c(O)c2c1OC1=CC(=O)C(=C(C)Nc3ccc4nc(CC(C)C)[nH]c4c3)C(=O)[C@@]12C. The molecule has 38 heavy (non-hydrogen) atoms. The second kappa shape index (κ2) is 8.58. The number of carbonyl (C=O) groups excluding carboxylic acids is 3. The molecule has 0 radical (unpaired) electrons. The molecule has 5 rings (SSSR count). The number of benzene rings is 2. The number of fused-ring (bicyclic) bond motifs is 4. The summed E-state index contributed by atoms with van der Waals surface area (Å²) in [7, 11) is 0. The molecule has 0 unspecified atom stereocenters. The first-order valence-electron chi connectivity index (χ1n) is 12.4. The molecule has 2 heterocycles. The number of aromatic hydroxyl groups is 2. The summed E-state index contributed by atoms with van der Waals surface area (Å²) in [5.74, 6) is -1.20. The van der Waals surface area contributed by atoms with Crippen LogP contribution in [-0.4, -0.2) is 37.5 Å². The van der Waals surface area contributed by atoms with E-state index in [9.17, 15) is 24.6 Å². The normalized spacial score (nSPS) is 19.8. The fourth-order valence-corrected chi connectivity index (χ4v) is 5.27. The molecule has 1 aliphatic carbocycles. The highest BCUT2D eigenvalue weighted by Crippen LogP contribution is 2.57. The zero-order valence-electron chi connectivity index (χ0n) is 22.1. The standard InChI is InChI=1S/C29H29N3O6/c1-12(2)9-21-31-17-8-7-16(10-18(17)32-21)30-14(4)22-19(34)11-20-29(6,28(22)37)24-26(36)13(3)25(35)23(15(5)33)27(24)38-20/h7-8,10-12,30,35-36H,9H2,1-6H3,(H,31,32)/t29-/m0/s1. The lowest BCUT2D eigenvalue weighted by Gasteiger charge is -2.29. The van der Waals surface area contributed by atoms with Crippen LogP contribution in [0.15, 0.2) is 41.3 Å². The number of hydrogen-bond acceptors (Lipinski definition) is 8. The minimum atomic E-state index is -1.56. The van der Waals surface area contributed by atoms with Crippen LogP contribution < -0.4 is 10.1 Å². The highest BCUT2D eigenvalue weighted by atomic mass is 16.5. The maximum atomic E-state index is 14.0. The fraction of sp³-hybridized carbons (Fsp3) is 0.310. The second-order valence-corrected chi connectivity index (χ2v) is 10.5. The third kappa shape index (κ3) is 3.60. The van der Waals surface area contributed by atoms with Crippen LogP contribution in [0.3, 0.4) is 0 Å². The molecular weight excluding hydrogens is 486 g/mol. The Morgan fingerprint density at radius 3 is 2.55 bits per heavy atom. The molecule has 3 aromatic rings. The number of phenols is 2. The minimum Gasteiger partial charge on any atom is -0.507 e. The summed E-state index contributed by atoms with van der Waals surface area (Å²) >= 11 is 0. The van der Waals surface area contributed by atoms with E-state index in [2.05, 4.69) is 29.1 Å². The molecule has 1 atom stereocenters. The molecule has 1 aromatic heterocycles. The fourth-order valence-electron chi connectivity index (χ4n) is 5.27. The van der Waals surface area contributed by atoms with Gasteiger partial charge < -0.3 is 25.3 Å². The zero-order chi connectivity index (χ0) is 27.7. The second-order valence-electron chi connectivity index (χ2n) is 10.5. The van der Waals surface area contributed by atoms with Gasteiger partial charge in [-0.1, -0.05) is 13.8 Å². The number of Topliss-reactive ketones (excluding diaryl/α,β-unsaturated/α-hetero) is 2. The third-order valence-electron chi connectivity index (χ3n) is 7.22. The molecular formula is C29H29N3O6. The van der Waals surface area contributed by atoms with Gasteiger partial charge in [-0.05, 0) is 51.8 Å². The van der Waals surface area contributed by atoms with Crippen LogP contribution in [0.1, 0.15) is 61.9 Å².